The number of halogens is 1. The van der Waals surface area contributed by atoms with Crippen LogP contribution in [0.25, 0.3) is 11.8 Å². The van der Waals surface area contributed by atoms with Gasteiger partial charge in [0.05, 0.1) is 16.3 Å². The number of aryl methyl sites for hydroxylation is 3. The Morgan fingerprint density at radius 2 is 1.46 bits per heavy atom. The Hall–Kier alpha value is -4.52. The van der Waals surface area contributed by atoms with Crippen LogP contribution in [-0.4, -0.2) is 15.6 Å². The van der Waals surface area contributed by atoms with Crippen molar-refractivity contribution in [3.05, 3.63) is 147 Å². The first-order chi connectivity index (χ1) is 22.3. The van der Waals surface area contributed by atoms with E-state index < -0.39 is 0 Å². The Morgan fingerprint density at radius 3 is 2.11 bits per heavy atom. The molecule has 1 aromatic heterocycles. The monoisotopic (exact) mass is 645 g/mol. The molecule has 0 atom stereocenters. The summed E-state index contributed by atoms with van der Waals surface area (Å²) >= 11 is 7.70. The van der Waals surface area contributed by atoms with Crippen molar-refractivity contribution in [2.24, 2.45) is 4.99 Å². The number of nitrogens with zero attached hydrogens (tertiary/aromatic N) is 3. The Kier molecular flexibility index (Phi) is 9.48. The van der Waals surface area contributed by atoms with Gasteiger partial charge in [0.2, 0.25) is 0 Å². The molecule has 0 N–H and O–H groups in total. The lowest BCUT2D eigenvalue weighted by Crippen LogP contribution is -2.28. The number of rotatable bonds is 9. The Morgan fingerprint density at radius 1 is 0.826 bits per heavy atom. The van der Waals surface area contributed by atoms with Crippen LogP contribution < -0.4 is 9.64 Å². The smallest absolute Gasteiger partial charge is 0.271 e. The lowest BCUT2D eigenvalue weighted by atomic mass is 10.1. The molecule has 46 heavy (non-hydrogen) atoms. The average Bonchev–Trinajstić information content (AvgIpc) is 3.54. The number of anilines is 1. The number of hydrogen-bond donors (Lipinski definition) is 0. The molecule has 6 rings (SSSR count). The van der Waals surface area contributed by atoms with Crippen LogP contribution in [0.1, 0.15) is 47.5 Å². The van der Waals surface area contributed by atoms with Gasteiger partial charge in [-0.1, -0.05) is 67.9 Å². The highest BCUT2D eigenvalue weighted by molar-refractivity contribution is 8.19. The number of thioether (sulfide) groups is 1. The number of ether oxygens (including phenoxy) is 1. The summed E-state index contributed by atoms with van der Waals surface area (Å²) in [4.78, 5) is 21.3. The van der Waals surface area contributed by atoms with Gasteiger partial charge >= 0.3 is 0 Å². The van der Waals surface area contributed by atoms with Crippen LogP contribution in [-0.2, 0) is 24.2 Å². The van der Waals surface area contributed by atoms with E-state index in [2.05, 4.69) is 62.6 Å². The van der Waals surface area contributed by atoms with E-state index in [4.69, 9.17) is 21.3 Å². The van der Waals surface area contributed by atoms with E-state index in [0.717, 1.165) is 58.2 Å². The third-order valence-corrected chi connectivity index (χ3v) is 9.52. The van der Waals surface area contributed by atoms with Gasteiger partial charge < -0.3 is 9.30 Å². The van der Waals surface area contributed by atoms with E-state index in [-0.39, 0.29) is 5.91 Å². The lowest BCUT2D eigenvalue weighted by molar-refractivity contribution is -0.113. The highest BCUT2D eigenvalue weighted by Crippen LogP contribution is 2.38. The van der Waals surface area contributed by atoms with Crippen LogP contribution >= 0.6 is 23.4 Å². The maximum absolute atomic E-state index is 14.0. The maximum Gasteiger partial charge on any atom is 0.271 e. The molecule has 4 aromatic carbocycles. The second-order valence-corrected chi connectivity index (χ2v) is 12.6. The summed E-state index contributed by atoms with van der Waals surface area (Å²) in [6, 6.07) is 34.2. The van der Waals surface area contributed by atoms with Crippen molar-refractivity contribution in [3.8, 4) is 11.4 Å². The van der Waals surface area contributed by atoms with Gasteiger partial charge in [-0.05, 0) is 122 Å². The zero-order valence-corrected chi connectivity index (χ0v) is 28.0. The van der Waals surface area contributed by atoms with Crippen LogP contribution in [0.4, 0.5) is 11.4 Å². The molecule has 1 aliphatic heterocycles. The van der Waals surface area contributed by atoms with E-state index in [1.165, 1.54) is 22.9 Å². The second-order valence-electron chi connectivity index (χ2n) is 11.2. The SMILES string of the molecule is CCc1ccc(N=C2S/C(=C\c3cc(C)n(-c4ccc(OCc5ccccc5Cl)cc4)c3C)C(=O)N2c2ccc(CC)cc2)cc1. The van der Waals surface area contributed by atoms with Gasteiger partial charge in [-0.15, -0.1) is 0 Å². The second kappa shape index (κ2) is 13.9. The summed E-state index contributed by atoms with van der Waals surface area (Å²) in [5.74, 6) is 0.688. The third-order valence-electron chi connectivity index (χ3n) is 8.18. The number of carbonyl (C=O) groups is 1. The largest absolute Gasteiger partial charge is 0.489 e. The molecule has 1 saturated heterocycles. The fourth-order valence-corrected chi connectivity index (χ4v) is 6.70. The summed E-state index contributed by atoms with van der Waals surface area (Å²) in [6.45, 7) is 8.82. The van der Waals surface area contributed by atoms with Gasteiger partial charge in [0, 0.05) is 27.7 Å². The van der Waals surface area contributed by atoms with Crippen LogP contribution in [0.5, 0.6) is 5.75 Å². The summed E-state index contributed by atoms with van der Waals surface area (Å²) in [6.07, 6.45) is 3.89. The van der Waals surface area contributed by atoms with E-state index in [9.17, 15) is 4.79 Å². The number of hydrogen-bond acceptors (Lipinski definition) is 4. The summed E-state index contributed by atoms with van der Waals surface area (Å²) in [5.41, 5.74) is 9.17. The zero-order chi connectivity index (χ0) is 32.2. The number of amides is 1. The quantitative estimate of drug-likeness (QED) is 0.150. The Bertz CT molecular complexity index is 1920. The van der Waals surface area contributed by atoms with E-state index in [1.54, 1.807) is 4.90 Å². The molecule has 0 bridgehead atoms. The molecule has 0 aliphatic carbocycles. The van der Waals surface area contributed by atoms with Gasteiger partial charge in [0.15, 0.2) is 5.17 Å². The molecule has 7 heteroatoms. The molecular weight excluding hydrogens is 610 g/mol. The Labute approximate surface area is 280 Å². The molecule has 2 heterocycles. The fraction of sp³-hybridized carbons (Fsp3) is 0.179. The Balaban J connectivity index is 1.28. The van der Waals surface area contributed by atoms with Gasteiger partial charge in [-0.2, -0.15) is 0 Å². The molecule has 5 aromatic rings. The molecule has 0 spiro atoms. The minimum Gasteiger partial charge on any atom is -0.489 e. The minimum absolute atomic E-state index is 0.0806. The third kappa shape index (κ3) is 6.69. The van der Waals surface area contributed by atoms with Crippen molar-refractivity contribution in [1.82, 2.24) is 4.57 Å². The number of benzene rings is 4. The van der Waals surface area contributed by atoms with Crippen LogP contribution in [0.2, 0.25) is 5.02 Å². The first-order valence-electron chi connectivity index (χ1n) is 15.5. The van der Waals surface area contributed by atoms with Crippen LogP contribution in [0.3, 0.4) is 0 Å². The summed E-state index contributed by atoms with van der Waals surface area (Å²) in [7, 11) is 0. The molecule has 1 fully saturated rings. The molecular formula is C39H36ClN3O2S. The predicted octanol–water partition coefficient (Wildman–Crippen LogP) is 10.3. The lowest BCUT2D eigenvalue weighted by Gasteiger charge is -2.16. The highest BCUT2D eigenvalue weighted by atomic mass is 35.5. The topological polar surface area (TPSA) is 46.8 Å². The molecule has 1 aliphatic rings. The van der Waals surface area contributed by atoms with Gasteiger partial charge in [0.25, 0.3) is 5.91 Å². The van der Waals surface area contributed by atoms with Crippen molar-refractivity contribution in [1.29, 1.82) is 0 Å². The van der Waals surface area contributed by atoms with Crippen molar-refractivity contribution < 1.29 is 9.53 Å². The first-order valence-corrected chi connectivity index (χ1v) is 16.7. The molecule has 232 valence electrons. The van der Waals surface area contributed by atoms with Crippen molar-refractivity contribution >= 4 is 51.9 Å². The van der Waals surface area contributed by atoms with Gasteiger partial charge in [0.1, 0.15) is 12.4 Å². The number of carbonyl (C=O) groups excluding carboxylic acids is 1. The molecule has 0 radical (unpaired) electrons. The molecule has 5 nitrogen and oxygen atoms in total. The van der Waals surface area contributed by atoms with Gasteiger partial charge in [-0.25, -0.2) is 4.99 Å². The standard InChI is InChI=1S/C39H36ClN3O2S/c1-5-28-11-15-32(16-12-28)41-39-43(34-17-13-29(6-2)14-18-34)38(44)37(46-39)24-31-23-26(3)42(27(31)4)33-19-21-35(22-20-33)45-25-30-9-7-8-10-36(30)40/h7-24H,5-6,25H2,1-4H3/b37-24-,41-39?. The van der Waals surface area contributed by atoms with E-state index in [0.29, 0.717) is 21.7 Å². The minimum atomic E-state index is -0.0806. The van der Waals surface area contributed by atoms with Crippen LogP contribution in [0.15, 0.2) is 113 Å². The van der Waals surface area contributed by atoms with E-state index >= 15 is 0 Å². The molecule has 0 unspecified atom stereocenters. The highest BCUT2D eigenvalue weighted by Gasteiger charge is 2.35. The zero-order valence-electron chi connectivity index (χ0n) is 26.5. The van der Waals surface area contributed by atoms with Crippen LogP contribution in [0, 0.1) is 13.8 Å². The molecule has 0 saturated carbocycles. The number of aromatic nitrogens is 1. The predicted molar refractivity (Wildman–Crippen MR) is 193 cm³/mol. The van der Waals surface area contributed by atoms with Gasteiger partial charge in [-0.3, -0.25) is 9.69 Å². The normalized spacial score (nSPS) is 14.9. The molecule has 1 amide bonds. The van der Waals surface area contributed by atoms with Crippen molar-refractivity contribution in [2.45, 2.75) is 47.1 Å². The number of amidine groups is 1. The fourth-order valence-electron chi connectivity index (χ4n) is 5.51. The summed E-state index contributed by atoms with van der Waals surface area (Å²) < 4.78 is 8.19. The summed E-state index contributed by atoms with van der Waals surface area (Å²) in [5, 5.41) is 1.34. The van der Waals surface area contributed by atoms with Crippen molar-refractivity contribution in [3.63, 3.8) is 0 Å². The average molecular weight is 646 g/mol. The maximum atomic E-state index is 14.0. The number of aliphatic imine (C=N–C) groups is 1. The van der Waals surface area contributed by atoms with Crippen molar-refractivity contribution in [2.75, 3.05) is 4.90 Å². The van der Waals surface area contributed by atoms with E-state index in [1.807, 2.05) is 78.9 Å². The first kappa shape index (κ1) is 31.5.